The van der Waals surface area contributed by atoms with Gasteiger partial charge >= 0.3 is 0 Å². The zero-order valence-electron chi connectivity index (χ0n) is 39.0. The van der Waals surface area contributed by atoms with Crippen molar-refractivity contribution in [2.45, 2.75) is 52.4 Å². The molecule has 326 valence electrons. The Morgan fingerprint density at radius 1 is 0.353 bits per heavy atom. The number of hydrogen-bond acceptors (Lipinski definition) is 3. The Labute approximate surface area is 394 Å². The molecule has 68 heavy (non-hydrogen) atoms. The fourth-order valence-corrected chi connectivity index (χ4v) is 11.4. The second-order valence-corrected chi connectivity index (χ2v) is 20.9. The predicted molar refractivity (Wildman–Crippen MR) is 287 cm³/mol. The number of fused-ring (bicyclic) bond motifs is 15. The summed E-state index contributed by atoms with van der Waals surface area (Å²) in [5.74, 6) is 0. The molecule has 0 fully saturated rings. The van der Waals surface area contributed by atoms with E-state index < -0.39 is 0 Å². The number of nitrogens with zero attached hydrogens (tertiary/aromatic N) is 2. The zero-order chi connectivity index (χ0) is 45.8. The largest absolute Gasteiger partial charge is 0.454 e. The molecule has 0 saturated carbocycles. The molecule has 0 bridgehead atoms. The van der Waals surface area contributed by atoms with Crippen LogP contribution in [0.4, 0.5) is 17.1 Å². The van der Waals surface area contributed by atoms with Crippen LogP contribution in [0, 0.1) is 0 Å². The van der Waals surface area contributed by atoms with Crippen LogP contribution in [0.15, 0.2) is 191 Å². The lowest BCUT2D eigenvalue weighted by molar-refractivity contribution is 0.573. The lowest BCUT2D eigenvalue weighted by Crippen LogP contribution is -2.11. The summed E-state index contributed by atoms with van der Waals surface area (Å²) in [6, 6.07) is 67.0. The second kappa shape index (κ2) is 13.7. The maximum absolute atomic E-state index is 7.11. The third-order valence-electron chi connectivity index (χ3n) is 14.7. The summed E-state index contributed by atoms with van der Waals surface area (Å²) in [6.45, 7) is 13.5. The van der Waals surface area contributed by atoms with Gasteiger partial charge in [-0.05, 0) is 127 Å². The normalized spacial score (nSPS) is 12.9. The Hall–Kier alpha value is -8.08. The van der Waals surface area contributed by atoms with Crippen LogP contribution in [0.2, 0.25) is 0 Å². The van der Waals surface area contributed by atoms with Crippen molar-refractivity contribution in [3.63, 3.8) is 0 Å². The molecule has 13 aromatic rings. The van der Waals surface area contributed by atoms with Crippen LogP contribution in [-0.2, 0) is 10.8 Å². The van der Waals surface area contributed by atoms with Crippen LogP contribution in [0.3, 0.4) is 0 Å². The molecule has 14 rings (SSSR count). The second-order valence-electron chi connectivity index (χ2n) is 20.9. The molecule has 0 aliphatic heterocycles. The summed E-state index contributed by atoms with van der Waals surface area (Å²) in [4.78, 5) is 2.36. The first-order chi connectivity index (χ1) is 33.0. The fraction of sp³-hybridized carbons (Fsp3) is 0.125. The first-order valence-electron chi connectivity index (χ1n) is 23.8. The minimum Gasteiger partial charge on any atom is -0.454 e. The Kier molecular flexibility index (Phi) is 7.91. The smallest absolute Gasteiger partial charge is 0.159 e. The molecule has 0 amide bonds. The van der Waals surface area contributed by atoms with Crippen LogP contribution in [0.1, 0.15) is 52.7 Å². The van der Waals surface area contributed by atoms with Crippen LogP contribution in [0.25, 0.3) is 115 Å². The minimum absolute atomic E-state index is 0.0999. The van der Waals surface area contributed by atoms with Crippen molar-refractivity contribution in [1.29, 1.82) is 0 Å². The van der Waals surface area contributed by atoms with E-state index in [1.165, 1.54) is 82.4 Å². The van der Waals surface area contributed by atoms with Crippen LogP contribution in [0.5, 0.6) is 0 Å². The molecule has 1 aliphatic rings. The molecular weight excluding hydrogens is 829 g/mol. The average Bonchev–Trinajstić information content (AvgIpc) is 4.03. The molecule has 3 aromatic heterocycles. The van der Waals surface area contributed by atoms with Gasteiger partial charge < -0.3 is 18.3 Å². The molecule has 1 aliphatic carbocycles. The van der Waals surface area contributed by atoms with E-state index >= 15 is 0 Å². The molecule has 0 saturated heterocycles. The maximum Gasteiger partial charge on any atom is 0.159 e. The van der Waals surface area contributed by atoms with E-state index in [0.29, 0.717) is 0 Å². The number of aromatic nitrogens is 1. The van der Waals surface area contributed by atoms with Gasteiger partial charge in [-0.3, -0.25) is 0 Å². The predicted octanol–water partition coefficient (Wildman–Crippen LogP) is 18.6. The maximum atomic E-state index is 7.11. The van der Waals surface area contributed by atoms with E-state index in [9.17, 15) is 0 Å². The summed E-state index contributed by atoms with van der Waals surface area (Å²) in [5.41, 5.74) is 17.5. The SMILES string of the molecule is CC(C)(C)c1cccc2c1oc1c(N(c3ccc4cc5c(cc4c3)-c3cc4cc(-n6c7ccccc7c7ccccc76)ccc4cc3-5)c3cccc4c3oc3c(C(C)(C)C)cccc34)cccc12. The van der Waals surface area contributed by atoms with Crippen molar-refractivity contribution in [3.8, 4) is 27.9 Å². The summed E-state index contributed by atoms with van der Waals surface area (Å²) in [7, 11) is 0. The van der Waals surface area contributed by atoms with Crippen molar-refractivity contribution >= 4 is 104 Å². The summed E-state index contributed by atoms with van der Waals surface area (Å²) in [5, 5.41) is 11.8. The molecular formula is C64H48N2O2. The molecule has 3 heterocycles. The van der Waals surface area contributed by atoms with Crippen LogP contribution in [-0.4, -0.2) is 4.57 Å². The first-order valence-corrected chi connectivity index (χ1v) is 23.8. The highest BCUT2D eigenvalue weighted by atomic mass is 16.3. The van der Waals surface area contributed by atoms with Crippen molar-refractivity contribution < 1.29 is 8.83 Å². The van der Waals surface area contributed by atoms with Gasteiger partial charge in [0.25, 0.3) is 0 Å². The standard InChI is InChI=1S/C64H48N2O2/c1-63(2,3)53-21-11-17-45-47-19-13-25-57(61(47)67-59(45)53)66(58-26-14-20-48-46-18-12-22-54(64(4,5)6)60(46)68-62(48)58)42-30-28-38-34-50-49-33-37-27-29-41(31-39(37)35-51(49)52(50)36-40(38)32-42)65-55-23-9-7-15-43(55)44-16-8-10-24-56(44)65/h7-36H,1-6H3. The Morgan fingerprint density at radius 2 is 0.765 bits per heavy atom. The lowest BCUT2D eigenvalue weighted by atomic mass is 9.78. The molecule has 0 spiro atoms. The number of para-hydroxylation sites is 6. The van der Waals surface area contributed by atoms with Gasteiger partial charge in [0.15, 0.2) is 11.2 Å². The Balaban J connectivity index is 0.955. The molecule has 0 radical (unpaired) electrons. The van der Waals surface area contributed by atoms with Gasteiger partial charge in [-0.2, -0.15) is 0 Å². The summed E-state index contributed by atoms with van der Waals surface area (Å²) >= 11 is 0. The van der Waals surface area contributed by atoms with Gasteiger partial charge in [0.05, 0.1) is 22.4 Å². The highest BCUT2D eigenvalue weighted by Crippen LogP contribution is 2.52. The topological polar surface area (TPSA) is 34.5 Å². The van der Waals surface area contributed by atoms with E-state index in [2.05, 4.69) is 233 Å². The van der Waals surface area contributed by atoms with Crippen LogP contribution >= 0.6 is 0 Å². The molecule has 10 aromatic carbocycles. The highest BCUT2D eigenvalue weighted by molar-refractivity contribution is 6.17. The van der Waals surface area contributed by atoms with Gasteiger partial charge in [0, 0.05) is 54.8 Å². The quantitative estimate of drug-likeness (QED) is 0.177. The Morgan fingerprint density at radius 3 is 1.26 bits per heavy atom. The van der Waals surface area contributed by atoms with Crippen molar-refractivity contribution in [2.24, 2.45) is 0 Å². The molecule has 4 nitrogen and oxygen atoms in total. The first kappa shape index (κ1) is 39.1. The third-order valence-corrected chi connectivity index (χ3v) is 14.7. The fourth-order valence-electron chi connectivity index (χ4n) is 11.4. The van der Waals surface area contributed by atoms with Gasteiger partial charge in [0.1, 0.15) is 11.2 Å². The van der Waals surface area contributed by atoms with Crippen molar-refractivity contribution in [2.75, 3.05) is 4.90 Å². The highest BCUT2D eigenvalue weighted by Gasteiger charge is 2.29. The van der Waals surface area contributed by atoms with E-state index in [1.54, 1.807) is 0 Å². The lowest BCUT2D eigenvalue weighted by Gasteiger charge is -2.28. The average molecular weight is 877 g/mol. The number of hydrogen-bond donors (Lipinski definition) is 0. The zero-order valence-corrected chi connectivity index (χ0v) is 39.0. The monoisotopic (exact) mass is 876 g/mol. The van der Waals surface area contributed by atoms with E-state index in [-0.39, 0.29) is 10.8 Å². The summed E-state index contributed by atoms with van der Waals surface area (Å²) < 4.78 is 16.6. The van der Waals surface area contributed by atoms with E-state index in [0.717, 1.165) is 60.9 Å². The molecule has 0 atom stereocenters. The molecule has 4 heteroatoms. The van der Waals surface area contributed by atoms with Crippen LogP contribution < -0.4 is 4.90 Å². The third kappa shape index (κ3) is 5.55. The number of benzene rings is 10. The number of rotatable bonds is 4. The van der Waals surface area contributed by atoms with E-state index in [1.807, 2.05) is 0 Å². The minimum atomic E-state index is -0.0999. The van der Waals surface area contributed by atoms with Gasteiger partial charge in [-0.1, -0.05) is 151 Å². The number of furan rings is 2. The molecule has 0 unspecified atom stereocenters. The van der Waals surface area contributed by atoms with E-state index in [4.69, 9.17) is 8.83 Å². The van der Waals surface area contributed by atoms with Gasteiger partial charge in [0.2, 0.25) is 0 Å². The van der Waals surface area contributed by atoms with Crippen molar-refractivity contribution in [3.05, 3.63) is 193 Å². The van der Waals surface area contributed by atoms with Gasteiger partial charge in [-0.15, -0.1) is 0 Å². The Bertz CT molecular complexity index is 4110. The van der Waals surface area contributed by atoms with Crippen molar-refractivity contribution in [1.82, 2.24) is 4.57 Å². The van der Waals surface area contributed by atoms with Gasteiger partial charge in [-0.25, -0.2) is 0 Å². The number of anilines is 3. The molecule has 0 N–H and O–H groups in total. The summed E-state index contributed by atoms with van der Waals surface area (Å²) in [6.07, 6.45) is 0.